The standard InChI is InChI=1S/C17H27NO/c1-2-11-18-12-15-7-9-17(10-8-15)14-19-13-16-5-3-4-6-16/h7-10,16,18H,2-6,11-14H2,1H3. The normalized spacial score (nSPS) is 16.1. The number of rotatable bonds is 8. The summed E-state index contributed by atoms with van der Waals surface area (Å²) in [6.45, 7) is 5.96. The van der Waals surface area contributed by atoms with Crippen LogP contribution in [0.4, 0.5) is 0 Å². The van der Waals surface area contributed by atoms with Gasteiger partial charge in [-0.25, -0.2) is 0 Å². The Hall–Kier alpha value is -0.860. The van der Waals surface area contributed by atoms with Crippen molar-refractivity contribution in [3.8, 4) is 0 Å². The lowest BCUT2D eigenvalue weighted by atomic mass is 10.1. The molecule has 19 heavy (non-hydrogen) atoms. The Balaban J connectivity index is 1.66. The van der Waals surface area contributed by atoms with E-state index in [1.807, 2.05) is 0 Å². The van der Waals surface area contributed by atoms with Crippen molar-refractivity contribution in [3.63, 3.8) is 0 Å². The predicted molar refractivity (Wildman–Crippen MR) is 80.1 cm³/mol. The van der Waals surface area contributed by atoms with Gasteiger partial charge in [0, 0.05) is 13.2 Å². The van der Waals surface area contributed by atoms with Crippen molar-refractivity contribution in [2.75, 3.05) is 13.2 Å². The molecule has 0 aromatic heterocycles. The van der Waals surface area contributed by atoms with Crippen molar-refractivity contribution in [2.24, 2.45) is 5.92 Å². The molecule has 0 aliphatic heterocycles. The third-order valence-corrected chi connectivity index (χ3v) is 3.88. The number of hydrogen-bond donors (Lipinski definition) is 1. The van der Waals surface area contributed by atoms with Crippen molar-refractivity contribution in [2.45, 2.75) is 52.2 Å². The lowest BCUT2D eigenvalue weighted by Crippen LogP contribution is -2.13. The second kappa shape index (κ2) is 8.34. The second-order valence-corrected chi connectivity index (χ2v) is 5.66. The van der Waals surface area contributed by atoms with Crippen LogP contribution in [0.1, 0.15) is 50.2 Å². The molecule has 1 N–H and O–H groups in total. The lowest BCUT2D eigenvalue weighted by molar-refractivity contribution is 0.0889. The maximum Gasteiger partial charge on any atom is 0.0717 e. The van der Waals surface area contributed by atoms with Crippen molar-refractivity contribution in [1.29, 1.82) is 0 Å². The van der Waals surface area contributed by atoms with E-state index in [9.17, 15) is 0 Å². The monoisotopic (exact) mass is 261 g/mol. The van der Waals surface area contributed by atoms with Crippen LogP contribution >= 0.6 is 0 Å². The molecule has 0 saturated heterocycles. The van der Waals surface area contributed by atoms with Gasteiger partial charge in [-0.15, -0.1) is 0 Å². The summed E-state index contributed by atoms with van der Waals surface area (Å²) in [6.07, 6.45) is 6.71. The SMILES string of the molecule is CCCNCc1ccc(COCC2CCCC2)cc1. The first-order valence-corrected chi connectivity index (χ1v) is 7.74. The van der Waals surface area contributed by atoms with Crippen LogP contribution in [0, 0.1) is 5.92 Å². The van der Waals surface area contributed by atoms with Crippen LogP contribution in [0.25, 0.3) is 0 Å². The van der Waals surface area contributed by atoms with Gasteiger partial charge in [0.05, 0.1) is 6.61 Å². The highest BCUT2D eigenvalue weighted by atomic mass is 16.5. The van der Waals surface area contributed by atoms with Gasteiger partial charge in [-0.1, -0.05) is 44.0 Å². The Morgan fingerprint density at radius 1 is 1.11 bits per heavy atom. The minimum atomic E-state index is 0.763. The molecule has 0 spiro atoms. The topological polar surface area (TPSA) is 21.3 Å². The molecular weight excluding hydrogens is 234 g/mol. The molecule has 0 bridgehead atoms. The molecule has 0 radical (unpaired) electrons. The molecule has 1 fully saturated rings. The van der Waals surface area contributed by atoms with Gasteiger partial charge < -0.3 is 10.1 Å². The smallest absolute Gasteiger partial charge is 0.0717 e. The first-order valence-electron chi connectivity index (χ1n) is 7.74. The fourth-order valence-corrected chi connectivity index (χ4v) is 2.68. The van der Waals surface area contributed by atoms with E-state index >= 15 is 0 Å². The van der Waals surface area contributed by atoms with Crippen LogP contribution in [0.3, 0.4) is 0 Å². The van der Waals surface area contributed by atoms with Crippen molar-refractivity contribution >= 4 is 0 Å². The molecule has 1 aromatic carbocycles. The van der Waals surface area contributed by atoms with Crippen LogP contribution in [0.2, 0.25) is 0 Å². The lowest BCUT2D eigenvalue weighted by Gasteiger charge is -2.10. The van der Waals surface area contributed by atoms with Crippen molar-refractivity contribution in [3.05, 3.63) is 35.4 Å². The molecule has 1 aliphatic rings. The zero-order valence-electron chi connectivity index (χ0n) is 12.2. The first-order chi connectivity index (χ1) is 9.38. The van der Waals surface area contributed by atoms with E-state index in [4.69, 9.17) is 4.74 Å². The number of ether oxygens (including phenoxy) is 1. The summed E-state index contributed by atoms with van der Waals surface area (Å²) in [6, 6.07) is 8.79. The zero-order valence-corrected chi connectivity index (χ0v) is 12.2. The maximum absolute atomic E-state index is 5.83. The molecule has 1 aromatic rings. The number of nitrogens with one attached hydrogen (secondary N) is 1. The van der Waals surface area contributed by atoms with Crippen LogP contribution in [0.15, 0.2) is 24.3 Å². The average Bonchev–Trinajstić information content (AvgIpc) is 2.94. The summed E-state index contributed by atoms with van der Waals surface area (Å²) in [5.41, 5.74) is 2.64. The van der Waals surface area contributed by atoms with E-state index < -0.39 is 0 Å². The van der Waals surface area contributed by atoms with Gasteiger partial charge in [0.15, 0.2) is 0 Å². The van der Waals surface area contributed by atoms with Gasteiger partial charge in [0.1, 0.15) is 0 Å². The van der Waals surface area contributed by atoms with E-state index in [1.165, 1.54) is 43.2 Å². The summed E-state index contributed by atoms with van der Waals surface area (Å²) >= 11 is 0. The fourth-order valence-electron chi connectivity index (χ4n) is 2.68. The summed E-state index contributed by atoms with van der Waals surface area (Å²) in [4.78, 5) is 0. The molecule has 0 amide bonds. The van der Waals surface area contributed by atoms with E-state index in [1.54, 1.807) is 0 Å². The molecule has 2 rings (SSSR count). The van der Waals surface area contributed by atoms with Crippen molar-refractivity contribution in [1.82, 2.24) is 5.32 Å². The van der Waals surface area contributed by atoms with Crippen LogP contribution < -0.4 is 5.32 Å². The van der Waals surface area contributed by atoms with Gasteiger partial charge >= 0.3 is 0 Å². The molecule has 2 nitrogen and oxygen atoms in total. The molecule has 0 heterocycles. The largest absolute Gasteiger partial charge is 0.376 e. The molecule has 1 aliphatic carbocycles. The summed E-state index contributed by atoms with van der Waals surface area (Å²) in [7, 11) is 0. The highest BCUT2D eigenvalue weighted by molar-refractivity contribution is 5.21. The van der Waals surface area contributed by atoms with Crippen molar-refractivity contribution < 1.29 is 4.74 Å². The van der Waals surface area contributed by atoms with Gasteiger partial charge in [0.2, 0.25) is 0 Å². The summed E-state index contributed by atoms with van der Waals surface area (Å²) in [5, 5.41) is 3.42. The van der Waals surface area contributed by atoms with Gasteiger partial charge in [-0.2, -0.15) is 0 Å². The Bertz CT molecular complexity index is 341. The first kappa shape index (κ1) is 14.5. The van der Waals surface area contributed by atoms with E-state index in [2.05, 4.69) is 36.5 Å². The van der Waals surface area contributed by atoms with Crippen LogP contribution in [0.5, 0.6) is 0 Å². The molecule has 1 saturated carbocycles. The number of hydrogen-bond acceptors (Lipinski definition) is 2. The second-order valence-electron chi connectivity index (χ2n) is 5.66. The minimum Gasteiger partial charge on any atom is -0.376 e. The Morgan fingerprint density at radius 2 is 1.79 bits per heavy atom. The Kier molecular flexibility index (Phi) is 6.38. The maximum atomic E-state index is 5.83. The molecule has 0 unspecified atom stereocenters. The molecule has 2 heteroatoms. The molecular formula is C17H27NO. The molecule has 106 valence electrons. The van der Waals surface area contributed by atoms with Crippen LogP contribution in [-0.4, -0.2) is 13.2 Å². The Labute approximate surface area is 117 Å². The fraction of sp³-hybridized carbons (Fsp3) is 0.647. The third-order valence-electron chi connectivity index (χ3n) is 3.88. The zero-order chi connectivity index (χ0) is 13.3. The van der Waals surface area contributed by atoms with E-state index in [-0.39, 0.29) is 0 Å². The Morgan fingerprint density at radius 3 is 2.47 bits per heavy atom. The van der Waals surface area contributed by atoms with Crippen LogP contribution in [-0.2, 0) is 17.9 Å². The highest BCUT2D eigenvalue weighted by Gasteiger charge is 2.14. The minimum absolute atomic E-state index is 0.763. The number of benzene rings is 1. The summed E-state index contributed by atoms with van der Waals surface area (Å²) in [5.74, 6) is 0.817. The quantitative estimate of drug-likeness (QED) is 0.717. The van der Waals surface area contributed by atoms with Gasteiger partial charge in [-0.3, -0.25) is 0 Å². The average molecular weight is 261 g/mol. The third kappa shape index (κ3) is 5.33. The van der Waals surface area contributed by atoms with E-state index in [0.29, 0.717) is 0 Å². The van der Waals surface area contributed by atoms with Gasteiger partial charge in [-0.05, 0) is 42.9 Å². The molecule has 0 atom stereocenters. The highest BCUT2D eigenvalue weighted by Crippen LogP contribution is 2.24. The van der Waals surface area contributed by atoms with Gasteiger partial charge in [0.25, 0.3) is 0 Å². The van der Waals surface area contributed by atoms with E-state index in [0.717, 1.165) is 32.2 Å². The predicted octanol–water partition coefficient (Wildman–Crippen LogP) is 3.89. The summed E-state index contributed by atoms with van der Waals surface area (Å²) < 4.78 is 5.83.